The first-order valence-electron chi connectivity index (χ1n) is 10.8. The highest BCUT2D eigenvalue weighted by atomic mass is 16.6. The van der Waals surface area contributed by atoms with Crippen LogP contribution >= 0.6 is 0 Å². The van der Waals surface area contributed by atoms with Crippen molar-refractivity contribution in [2.24, 2.45) is 5.73 Å². The van der Waals surface area contributed by atoms with Crippen molar-refractivity contribution in [1.82, 2.24) is 9.80 Å². The normalized spacial score (nSPS) is 20.4. The van der Waals surface area contributed by atoms with E-state index in [0.717, 1.165) is 31.5 Å². The highest BCUT2D eigenvalue weighted by Gasteiger charge is 2.32. The number of nitrogens with two attached hydrogens (primary N) is 1. The van der Waals surface area contributed by atoms with Crippen molar-refractivity contribution >= 4 is 6.09 Å². The third kappa shape index (κ3) is 4.80. The van der Waals surface area contributed by atoms with Crippen molar-refractivity contribution < 1.29 is 9.53 Å². The molecule has 1 amide bonds. The van der Waals surface area contributed by atoms with Gasteiger partial charge in [-0.1, -0.05) is 60.7 Å². The Hall–Kier alpha value is -2.37. The van der Waals surface area contributed by atoms with Gasteiger partial charge in [-0.05, 0) is 36.8 Å². The molecule has 154 valence electrons. The minimum Gasteiger partial charge on any atom is -0.446 e. The zero-order chi connectivity index (χ0) is 20.1. The van der Waals surface area contributed by atoms with Gasteiger partial charge in [0.05, 0.1) is 6.04 Å². The van der Waals surface area contributed by atoms with Gasteiger partial charge in [0.1, 0.15) is 6.10 Å². The summed E-state index contributed by atoms with van der Waals surface area (Å²) in [6.45, 7) is 2.94. The fraction of sp³-hybridized carbons (Fsp3) is 0.458. The van der Waals surface area contributed by atoms with Gasteiger partial charge in [0, 0.05) is 32.2 Å². The van der Waals surface area contributed by atoms with E-state index in [2.05, 4.69) is 41.3 Å². The van der Waals surface area contributed by atoms with Crippen LogP contribution in [0.15, 0.2) is 60.7 Å². The van der Waals surface area contributed by atoms with Crippen LogP contribution in [-0.2, 0) is 4.74 Å². The van der Waals surface area contributed by atoms with E-state index in [1.54, 1.807) is 0 Å². The van der Waals surface area contributed by atoms with E-state index in [1.165, 1.54) is 18.4 Å². The molecule has 1 saturated heterocycles. The van der Waals surface area contributed by atoms with E-state index in [4.69, 9.17) is 10.5 Å². The van der Waals surface area contributed by atoms with Gasteiger partial charge in [-0.25, -0.2) is 4.79 Å². The minimum atomic E-state index is -0.153. The Bertz CT molecular complexity index is 769. The maximum atomic E-state index is 12.5. The molecule has 1 aliphatic heterocycles. The van der Waals surface area contributed by atoms with Crippen LogP contribution in [0.2, 0.25) is 0 Å². The number of hydrogen-bond acceptors (Lipinski definition) is 4. The summed E-state index contributed by atoms with van der Waals surface area (Å²) in [5, 5.41) is 0. The highest BCUT2D eigenvalue weighted by Crippen LogP contribution is 2.33. The Morgan fingerprint density at radius 3 is 2.00 bits per heavy atom. The van der Waals surface area contributed by atoms with Gasteiger partial charge >= 0.3 is 6.09 Å². The Morgan fingerprint density at radius 1 is 0.862 bits per heavy atom. The molecule has 29 heavy (non-hydrogen) atoms. The number of nitrogens with zero attached hydrogens (tertiary/aromatic N) is 2. The summed E-state index contributed by atoms with van der Waals surface area (Å²) in [5.74, 6) is 0. The fourth-order valence-corrected chi connectivity index (χ4v) is 4.56. The van der Waals surface area contributed by atoms with Crippen LogP contribution < -0.4 is 5.73 Å². The van der Waals surface area contributed by atoms with Gasteiger partial charge in [-0.2, -0.15) is 0 Å². The van der Waals surface area contributed by atoms with Crippen molar-refractivity contribution in [2.45, 2.75) is 43.9 Å². The molecule has 0 aromatic heterocycles. The van der Waals surface area contributed by atoms with Gasteiger partial charge in [0.15, 0.2) is 0 Å². The number of ether oxygens (including phenoxy) is 1. The monoisotopic (exact) mass is 393 g/mol. The molecule has 0 radical (unpaired) electrons. The molecule has 1 saturated carbocycles. The highest BCUT2D eigenvalue weighted by molar-refractivity contribution is 5.68. The summed E-state index contributed by atoms with van der Waals surface area (Å²) < 4.78 is 5.69. The van der Waals surface area contributed by atoms with Crippen LogP contribution in [0.4, 0.5) is 4.79 Å². The van der Waals surface area contributed by atoms with Crippen LogP contribution in [0.1, 0.15) is 48.9 Å². The number of rotatable bonds is 5. The molecule has 2 fully saturated rings. The predicted octanol–water partition coefficient (Wildman–Crippen LogP) is 4.12. The molecular formula is C24H31N3O2. The van der Waals surface area contributed by atoms with Crippen molar-refractivity contribution in [1.29, 1.82) is 0 Å². The van der Waals surface area contributed by atoms with Crippen molar-refractivity contribution in [2.75, 3.05) is 26.2 Å². The van der Waals surface area contributed by atoms with Crippen LogP contribution in [0.25, 0.3) is 0 Å². The molecule has 5 heteroatoms. The lowest BCUT2D eigenvalue weighted by atomic mass is 9.92. The lowest BCUT2D eigenvalue weighted by Crippen LogP contribution is -2.51. The van der Waals surface area contributed by atoms with Crippen molar-refractivity contribution in [3.63, 3.8) is 0 Å². The van der Waals surface area contributed by atoms with Crippen molar-refractivity contribution in [3.05, 3.63) is 71.8 Å². The second-order valence-electron chi connectivity index (χ2n) is 8.11. The summed E-state index contributed by atoms with van der Waals surface area (Å²) in [6, 6.07) is 20.7. The first-order chi connectivity index (χ1) is 14.2. The molecule has 5 nitrogen and oxygen atoms in total. The molecular weight excluding hydrogens is 362 g/mol. The van der Waals surface area contributed by atoms with Crippen molar-refractivity contribution in [3.8, 4) is 0 Å². The zero-order valence-corrected chi connectivity index (χ0v) is 17.0. The Morgan fingerprint density at radius 2 is 1.41 bits per heavy atom. The second kappa shape index (κ2) is 9.42. The number of carbonyl (C=O) groups is 1. The largest absolute Gasteiger partial charge is 0.446 e. The molecule has 2 aliphatic rings. The van der Waals surface area contributed by atoms with Gasteiger partial charge in [0.2, 0.25) is 0 Å². The lowest BCUT2D eigenvalue weighted by Gasteiger charge is -2.41. The Balaban J connectivity index is 1.44. The Labute approximate surface area is 173 Å². The maximum absolute atomic E-state index is 12.5. The summed E-state index contributed by atoms with van der Waals surface area (Å²) in [6.07, 6.45) is 4.31. The molecule has 2 aromatic carbocycles. The Kier molecular flexibility index (Phi) is 6.47. The van der Waals surface area contributed by atoms with E-state index in [0.29, 0.717) is 13.1 Å². The molecule has 0 spiro atoms. The molecule has 1 heterocycles. The maximum Gasteiger partial charge on any atom is 0.410 e. The van der Waals surface area contributed by atoms with Crippen LogP contribution in [0.3, 0.4) is 0 Å². The number of hydrogen-bond donors (Lipinski definition) is 1. The number of benzene rings is 2. The first-order valence-corrected chi connectivity index (χ1v) is 10.8. The van der Waals surface area contributed by atoms with Gasteiger partial charge in [0.25, 0.3) is 0 Å². The average molecular weight is 394 g/mol. The molecule has 2 atom stereocenters. The molecule has 2 N–H and O–H groups in total. The fourth-order valence-electron chi connectivity index (χ4n) is 4.56. The van der Waals surface area contributed by atoms with Gasteiger partial charge in [-0.15, -0.1) is 0 Å². The number of piperazine rings is 1. The first kappa shape index (κ1) is 19.9. The third-order valence-corrected chi connectivity index (χ3v) is 6.20. The second-order valence-corrected chi connectivity index (χ2v) is 8.11. The van der Waals surface area contributed by atoms with Crippen LogP contribution in [0.5, 0.6) is 0 Å². The topological polar surface area (TPSA) is 58.8 Å². The summed E-state index contributed by atoms with van der Waals surface area (Å²) in [7, 11) is 0. The van der Waals surface area contributed by atoms with E-state index in [-0.39, 0.29) is 24.3 Å². The van der Waals surface area contributed by atoms with E-state index in [1.807, 2.05) is 29.2 Å². The molecule has 0 bridgehead atoms. The predicted molar refractivity (Wildman–Crippen MR) is 114 cm³/mol. The van der Waals surface area contributed by atoms with Crippen LogP contribution in [-0.4, -0.2) is 48.2 Å². The van der Waals surface area contributed by atoms with Gasteiger partial charge in [-0.3, -0.25) is 4.90 Å². The zero-order valence-electron chi connectivity index (χ0n) is 17.0. The van der Waals surface area contributed by atoms with E-state index >= 15 is 0 Å². The minimum absolute atomic E-state index is 0.0756. The SMILES string of the molecule is NC(c1ccccc1)C(c1ccccc1)N1CCN(C(=O)OC2CCCC2)CC1. The molecule has 2 unspecified atom stereocenters. The molecule has 1 aliphatic carbocycles. The third-order valence-electron chi connectivity index (χ3n) is 6.20. The summed E-state index contributed by atoms with van der Waals surface area (Å²) in [5.41, 5.74) is 9.10. The van der Waals surface area contributed by atoms with E-state index < -0.39 is 0 Å². The smallest absolute Gasteiger partial charge is 0.410 e. The number of carbonyl (C=O) groups excluding carboxylic acids is 1. The van der Waals surface area contributed by atoms with Gasteiger partial charge < -0.3 is 15.4 Å². The quantitative estimate of drug-likeness (QED) is 0.830. The number of amides is 1. The lowest BCUT2D eigenvalue weighted by molar-refractivity contribution is 0.0374. The summed E-state index contributed by atoms with van der Waals surface area (Å²) in [4.78, 5) is 16.8. The van der Waals surface area contributed by atoms with Crippen LogP contribution in [0, 0.1) is 0 Å². The standard InChI is InChI=1S/C24H31N3O2/c25-22(19-9-3-1-4-10-19)23(20-11-5-2-6-12-20)26-15-17-27(18-16-26)24(28)29-21-13-7-8-14-21/h1-6,9-12,21-23H,7-8,13-18,25H2. The van der Waals surface area contributed by atoms with E-state index in [9.17, 15) is 4.79 Å². The molecule has 2 aromatic rings. The molecule has 4 rings (SSSR count). The summed E-state index contributed by atoms with van der Waals surface area (Å²) >= 11 is 0. The average Bonchev–Trinajstić information content (AvgIpc) is 3.29.